The van der Waals surface area contributed by atoms with Gasteiger partial charge in [-0.05, 0) is 44.4 Å². The van der Waals surface area contributed by atoms with Crippen molar-refractivity contribution in [3.05, 3.63) is 29.8 Å². The van der Waals surface area contributed by atoms with E-state index < -0.39 is 11.5 Å². The first kappa shape index (κ1) is 15.8. The Bertz CT molecular complexity index is 486. The normalized spacial score (nSPS) is 25.2. The van der Waals surface area contributed by atoms with Crippen molar-refractivity contribution in [3.8, 4) is 5.75 Å². The fraction of sp³-hybridized carbons (Fsp3) is 0.562. The van der Waals surface area contributed by atoms with Crippen LogP contribution in [0.2, 0.25) is 0 Å². The van der Waals surface area contributed by atoms with Gasteiger partial charge in [0.25, 0.3) is 0 Å². The molecule has 2 rings (SSSR count). The van der Waals surface area contributed by atoms with E-state index >= 15 is 0 Å². The lowest BCUT2D eigenvalue weighted by atomic mass is 9.96. The molecular formula is C16H23NO4. The second-order valence-electron chi connectivity index (χ2n) is 5.97. The second kappa shape index (κ2) is 6.45. The highest BCUT2D eigenvalue weighted by molar-refractivity contribution is 5.79. The molecule has 0 heterocycles. The van der Waals surface area contributed by atoms with E-state index in [-0.39, 0.29) is 18.8 Å². The molecule has 116 valence electrons. The average molecular weight is 293 g/mol. The molecule has 2 atom stereocenters. The topological polar surface area (TPSA) is 78.8 Å². The molecule has 2 unspecified atom stereocenters. The molecule has 0 bridgehead atoms. The third-order valence-electron chi connectivity index (χ3n) is 3.85. The summed E-state index contributed by atoms with van der Waals surface area (Å²) in [5.41, 5.74) is -0.0562. The Morgan fingerprint density at radius 2 is 2.10 bits per heavy atom. The molecule has 1 aromatic rings. The zero-order valence-electron chi connectivity index (χ0n) is 12.5. The number of ether oxygens (including phenoxy) is 1. The molecule has 1 saturated carbocycles. The van der Waals surface area contributed by atoms with Gasteiger partial charge >= 0.3 is 5.97 Å². The first-order valence-corrected chi connectivity index (χ1v) is 7.33. The summed E-state index contributed by atoms with van der Waals surface area (Å²) < 4.78 is 5.88. The molecule has 1 aliphatic rings. The average Bonchev–Trinajstić information content (AvgIpc) is 2.83. The molecule has 1 aliphatic carbocycles. The van der Waals surface area contributed by atoms with E-state index in [2.05, 4.69) is 5.32 Å². The Labute approximate surface area is 124 Å². The van der Waals surface area contributed by atoms with Gasteiger partial charge < -0.3 is 14.9 Å². The zero-order valence-corrected chi connectivity index (χ0v) is 12.5. The van der Waals surface area contributed by atoms with E-state index in [1.165, 1.54) is 0 Å². The van der Waals surface area contributed by atoms with Gasteiger partial charge in [0.1, 0.15) is 17.4 Å². The summed E-state index contributed by atoms with van der Waals surface area (Å²) >= 11 is 0. The number of hydrogen-bond acceptors (Lipinski definition) is 4. The molecule has 0 amide bonds. The highest BCUT2D eigenvalue weighted by Crippen LogP contribution is 2.33. The monoisotopic (exact) mass is 293 g/mol. The van der Waals surface area contributed by atoms with Crippen molar-refractivity contribution >= 4 is 5.97 Å². The van der Waals surface area contributed by atoms with E-state index in [0.717, 1.165) is 5.56 Å². The number of benzene rings is 1. The van der Waals surface area contributed by atoms with Crippen LogP contribution < -0.4 is 10.1 Å². The number of carboxylic acids is 1. The molecule has 1 fully saturated rings. The molecule has 1 aromatic carbocycles. The number of nitrogens with one attached hydrogen (secondary N) is 1. The Morgan fingerprint density at radius 1 is 1.43 bits per heavy atom. The van der Waals surface area contributed by atoms with Crippen LogP contribution in [-0.2, 0) is 11.4 Å². The maximum atomic E-state index is 11.6. The number of aliphatic carboxylic acids is 1. The highest BCUT2D eigenvalue weighted by Gasteiger charge is 2.46. The molecule has 0 aromatic heterocycles. The molecule has 0 radical (unpaired) electrons. The van der Waals surface area contributed by atoms with Gasteiger partial charge in [0, 0.05) is 12.5 Å². The van der Waals surface area contributed by atoms with E-state index in [9.17, 15) is 9.90 Å². The maximum Gasteiger partial charge on any atom is 0.324 e. The fourth-order valence-corrected chi connectivity index (χ4v) is 2.91. The van der Waals surface area contributed by atoms with Crippen molar-refractivity contribution in [2.45, 2.75) is 57.4 Å². The number of hydrogen-bond donors (Lipinski definition) is 3. The highest BCUT2D eigenvalue weighted by atomic mass is 16.5. The van der Waals surface area contributed by atoms with Crippen LogP contribution >= 0.6 is 0 Å². The van der Waals surface area contributed by atoms with Gasteiger partial charge in [-0.25, -0.2) is 0 Å². The third kappa shape index (κ3) is 3.74. The summed E-state index contributed by atoms with van der Waals surface area (Å²) in [7, 11) is 0. The summed E-state index contributed by atoms with van der Waals surface area (Å²) in [5, 5.41) is 21.7. The molecular weight excluding hydrogens is 270 g/mol. The van der Waals surface area contributed by atoms with Crippen LogP contribution in [-0.4, -0.2) is 33.9 Å². The van der Waals surface area contributed by atoms with Crippen molar-refractivity contribution in [2.24, 2.45) is 0 Å². The number of aliphatic hydroxyl groups excluding tert-OH is 1. The Balaban J connectivity index is 2.01. The smallest absolute Gasteiger partial charge is 0.324 e. The van der Waals surface area contributed by atoms with Gasteiger partial charge in [-0.15, -0.1) is 0 Å². The zero-order chi connectivity index (χ0) is 15.5. The minimum Gasteiger partial charge on any atom is -0.490 e. The lowest BCUT2D eigenvalue weighted by Crippen LogP contribution is -2.53. The molecule has 0 saturated heterocycles. The van der Waals surface area contributed by atoms with E-state index in [0.29, 0.717) is 25.0 Å². The number of rotatable bonds is 6. The third-order valence-corrected chi connectivity index (χ3v) is 3.85. The molecule has 0 aliphatic heterocycles. The van der Waals surface area contributed by atoms with Gasteiger partial charge in [0.15, 0.2) is 0 Å². The van der Waals surface area contributed by atoms with Gasteiger partial charge in [-0.1, -0.05) is 12.1 Å². The van der Waals surface area contributed by atoms with Crippen molar-refractivity contribution in [3.63, 3.8) is 0 Å². The van der Waals surface area contributed by atoms with Crippen LogP contribution in [0.4, 0.5) is 0 Å². The molecule has 5 heteroatoms. The van der Waals surface area contributed by atoms with Gasteiger partial charge in [-0.2, -0.15) is 0 Å². The first-order valence-electron chi connectivity index (χ1n) is 7.33. The van der Waals surface area contributed by atoms with Gasteiger partial charge in [-0.3, -0.25) is 10.1 Å². The Kier molecular flexibility index (Phi) is 4.85. The van der Waals surface area contributed by atoms with E-state index in [4.69, 9.17) is 9.84 Å². The quantitative estimate of drug-likeness (QED) is 0.747. The lowest BCUT2D eigenvalue weighted by Gasteiger charge is -2.28. The predicted molar refractivity (Wildman–Crippen MR) is 79.3 cm³/mol. The van der Waals surface area contributed by atoms with Crippen molar-refractivity contribution < 1.29 is 19.7 Å². The van der Waals surface area contributed by atoms with Crippen LogP contribution in [0.25, 0.3) is 0 Å². The number of carbonyl (C=O) groups is 1. The fourth-order valence-electron chi connectivity index (χ4n) is 2.91. The Hall–Kier alpha value is -1.59. The Morgan fingerprint density at radius 3 is 2.62 bits per heavy atom. The molecule has 21 heavy (non-hydrogen) atoms. The minimum atomic E-state index is -0.885. The van der Waals surface area contributed by atoms with Crippen LogP contribution in [0.5, 0.6) is 5.75 Å². The van der Waals surface area contributed by atoms with E-state index in [1.807, 2.05) is 26.0 Å². The summed E-state index contributed by atoms with van der Waals surface area (Å²) in [5.74, 6) is -0.0964. The van der Waals surface area contributed by atoms with Crippen LogP contribution in [0.15, 0.2) is 24.3 Å². The molecule has 5 nitrogen and oxygen atoms in total. The summed E-state index contributed by atoms with van der Waals surface area (Å²) in [4.78, 5) is 11.6. The first-order chi connectivity index (χ1) is 9.95. The van der Waals surface area contributed by atoms with Crippen LogP contribution in [0, 0.1) is 0 Å². The largest absolute Gasteiger partial charge is 0.490 e. The second-order valence-corrected chi connectivity index (χ2v) is 5.97. The summed E-state index contributed by atoms with van der Waals surface area (Å²) in [6.07, 6.45) is 1.64. The van der Waals surface area contributed by atoms with Crippen molar-refractivity contribution in [1.82, 2.24) is 5.32 Å². The minimum absolute atomic E-state index is 0.00411. The predicted octanol–water partition coefficient (Wildman–Crippen LogP) is 1.93. The van der Waals surface area contributed by atoms with Gasteiger partial charge in [0.05, 0.1) is 6.61 Å². The van der Waals surface area contributed by atoms with E-state index in [1.54, 1.807) is 12.1 Å². The number of carboxylic acid groups (broad SMARTS) is 1. The lowest BCUT2D eigenvalue weighted by molar-refractivity contribution is -0.145. The van der Waals surface area contributed by atoms with Crippen molar-refractivity contribution in [1.29, 1.82) is 0 Å². The summed E-state index contributed by atoms with van der Waals surface area (Å²) in [6, 6.07) is 7.34. The molecule has 3 N–H and O–H groups in total. The SMILES string of the molecule is CC(C)NC1(C(=O)O)CCC(Oc2ccc(CO)cc2)C1. The summed E-state index contributed by atoms with van der Waals surface area (Å²) in [6.45, 7) is 3.91. The number of aliphatic hydroxyl groups is 1. The van der Waals surface area contributed by atoms with Crippen LogP contribution in [0.1, 0.15) is 38.7 Å². The molecule has 0 spiro atoms. The maximum absolute atomic E-state index is 11.6. The van der Waals surface area contributed by atoms with Gasteiger partial charge in [0.2, 0.25) is 0 Å². The van der Waals surface area contributed by atoms with Crippen molar-refractivity contribution in [2.75, 3.05) is 0 Å². The van der Waals surface area contributed by atoms with Crippen LogP contribution in [0.3, 0.4) is 0 Å². The standard InChI is InChI=1S/C16H23NO4/c1-11(2)17-16(15(19)20)8-7-14(9-16)21-13-5-3-12(10-18)4-6-13/h3-6,11,14,17-18H,7-10H2,1-2H3,(H,19,20).